The van der Waals surface area contributed by atoms with E-state index in [2.05, 4.69) is 21.6 Å². The Morgan fingerprint density at radius 2 is 1.93 bits per heavy atom. The fraction of sp³-hybridized carbons (Fsp3) is 0.190. The number of hydrazone groups is 1. The van der Waals surface area contributed by atoms with Crippen molar-refractivity contribution in [2.75, 3.05) is 12.0 Å². The third-order valence-electron chi connectivity index (χ3n) is 3.78. The van der Waals surface area contributed by atoms with Gasteiger partial charge >= 0.3 is 0 Å². The summed E-state index contributed by atoms with van der Waals surface area (Å²) >= 11 is 1.52. The second-order valence-corrected chi connectivity index (χ2v) is 6.66. The summed E-state index contributed by atoms with van der Waals surface area (Å²) in [4.78, 5) is 4.53. The molecule has 3 aromatic rings. The predicted molar refractivity (Wildman–Crippen MR) is 110 cm³/mol. The lowest BCUT2D eigenvalue weighted by molar-refractivity contribution is 0.307. The fourth-order valence-corrected chi connectivity index (χ4v) is 3.04. The number of hydrogen-bond donors (Lipinski definition) is 1. The molecule has 0 unspecified atom stereocenters. The Hall–Kier alpha value is -3.17. The first kappa shape index (κ1) is 18.6. The summed E-state index contributed by atoms with van der Waals surface area (Å²) in [5.74, 6) is 0.824. The maximum atomic E-state index is 8.50. The summed E-state index contributed by atoms with van der Waals surface area (Å²) in [6, 6.07) is 19.9. The molecule has 0 atom stereocenters. The van der Waals surface area contributed by atoms with E-state index in [1.54, 1.807) is 6.21 Å². The van der Waals surface area contributed by atoms with Crippen LogP contribution in [0.5, 0.6) is 5.75 Å². The van der Waals surface area contributed by atoms with E-state index >= 15 is 0 Å². The van der Waals surface area contributed by atoms with Crippen LogP contribution in [0.3, 0.4) is 0 Å². The first-order valence-electron chi connectivity index (χ1n) is 8.75. The molecule has 3 rings (SSSR count). The van der Waals surface area contributed by atoms with Gasteiger partial charge in [-0.1, -0.05) is 30.3 Å². The molecule has 0 fully saturated rings. The monoisotopic (exact) mass is 376 g/mol. The van der Waals surface area contributed by atoms with Gasteiger partial charge in [-0.25, -0.2) is 4.98 Å². The Kier molecular flexibility index (Phi) is 6.96. The third-order valence-corrected chi connectivity index (χ3v) is 4.53. The van der Waals surface area contributed by atoms with E-state index in [0.717, 1.165) is 40.5 Å². The van der Waals surface area contributed by atoms with Gasteiger partial charge in [0.2, 0.25) is 5.13 Å². The Labute approximate surface area is 163 Å². The van der Waals surface area contributed by atoms with E-state index in [9.17, 15) is 0 Å². The first-order valence-corrected chi connectivity index (χ1v) is 9.63. The van der Waals surface area contributed by atoms with Crippen LogP contribution < -0.4 is 10.2 Å². The average molecular weight is 376 g/mol. The predicted octanol–water partition coefficient (Wildman–Crippen LogP) is 5.33. The number of benzene rings is 2. The number of unbranched alkanes of at least 4 members (excludes halogenated alkanes) is 2. The lowest BCUT2D eigenvalue weighted by Gasteiger charge is -2.05. The van der Waals surface area contributed by atoms with Gasteiger partial charge in [-0.05, 0) is 42.7 Å². The van der Waals surface area contributed by atoms with Crippen molar-refractivity contribution in [1.82, 2.24) is 4.98 Å². The van der Waals surface area contributed by atoms with Crippen LogP contribution in [0.4, 0.5) is 5.13 Å². The maximum absolute atomic E-state index is 8.50. The summed E-state index contributed by atoms with van der Waals surface area (Å²) in [6.07, 6.45) is 4.09. The molecular formula is C21H20N4OS. The number of aromatic nitrogens is 1. The number of hydrogen-bond acceptors (Lipinski definition) is 6. The van der Waals surface area contributed by atoms with Crippen LogP contribution >= 0.6 is 11.3 Å². The maximum Gasteiger partial charge on any atom is 0.203 e. The second-order valence-electron chi connectivity index (χ2n) is 5.81. The standard InChI is InChI=1S/C21H20N4OS/c22-13-5-2-6-14-26-19-11-9-17(10-12-19)15-23-25-21-24-20(16-27-21)18-7-3-1-4-8-18/h1,3-4,7-12,15-16H,2,5-6,14H2,(H,24,25). The van der Waals surface area contributed by atoms with Crippen LogP contribution in [0.15, 0.2) is 65.1 Å². The largest absolute Gasteiger partial charge is 0.494 e. The minimum absolute atomic E-state index is 0.581. The molecule has 2 aromatic carbocycles. The van der Waals surface area contributed by atoms with Crippen molar-refractivity contribution in [3.05, 3.63) is 65.5 Å². The minimum atomic E-state index is 0.581. The lowest BCUT2D eigenvalue weighted by atomic mass is 10.2. The van der Waals surface area contributed by atoms with Crippen LogP contribution in [0, 0.1) is 11.3 Å². The Morgan fingerprint density at radius 3 is 2.70 bits per heavy atom. The Morgan fingerprint density at radius 1 is 1.11 bits per heavy atom. The molecule has 136 valence electrons. The zero-order chi connectivity index (χ0) is 18.7. The fourth-order valence-electron chi connectivity index (χ4n) is 2.37. The smallest absolute Gasteiger partial charge is 0.203 e. The van der Waals surface area contributed by atoms with E-state index in [0.29, 0.717) is 13.0 Å². The summed E-state index contributed by atoms with van der Waals surface area (Å²) in [6.45, 7) is 0.629. The lowest BCUT2D eigenvalue weighted by Crippen LogP contribution is -1.97. The number of anilines is 1. The number of nitrogens with one attached hydrogen (secondary N) is 1. The molecule has 0 bridgehead atoms. The molecular weight excluding hydrogens is 356 g/mol. The van der Waals surface area contributed by atoms with Crippen molar-refractivity contribution >= 4 is 22.7 Å². The van der Waals surface area contributed by atoms with Gasteiger partial charge in [0, 0.05) is 17.4 Å². The molecule has 1 aromatic heterocycles. The molecule has 6 heteroatoms. The average Bonchev–Trinajstić information content (AvgIpc) is 3.19. The number of nitriles is 1. The van der Waals surface area contributed by atoms with Crippen LogP contribution in [-0.4, -0.2) is 17.8 Å². The molecule has 0 aliphatic heterocycles. The summed E-state index contributed by atoms with van der Waals surface area (Å²) in [7, 11) is 0. The highest BCUT2D eigenvalue weighted by atomic mass is 32.1. The molecule has 27 heavy (non-hydrogen) atoms. The van der Waals surface area contributed by atoms with E-state index in [1.807, 2.05) is 60.0 Å². The van der Waals surface area contributed by atoms with Gasteiger partial charge < -0.3 is 4.74 Å². The van der Waals surface area contributed by atoms with Crippen molar-refractivity contribution in [2.24, 2.45) is 5.10 Å². The number of rotatable bonds is 9. The van der Waals surface area contributed by atoms with E-state index in [4.69, 9.17) is 10.00 Å². The van der Waals surface area contributed by atoms with Crippen LogP contribution in [0.2, 0.25) is 0 Å². The van der Waals surface area contributed by atoms with Gasteiger partial charge in [0.05, 0.1) is 24.6 Å². The van der Waals surface area contributed by atoms with Crippen LogP contribution in [0.25, 0.3) is 11.3 Å². The zero-order valence-electron chi connectivity index (χ0n) is 14.8. The van der Waals surface area contributed by atoms with Crippen molar-refractivity contribution < 1.29 is 4.74 Å². The van der Waals surface area contributed by atoms with Gasteiger partial charge in [-0.15, -0.1) is 11.3 Å². The topological polar surface area (TPSA) is 70.3 Å². The molecule has 0 spiro atoms. The molecule has 0 aliphatic carbocycles. The quantitative estimate of drug-likeness (QED) is 0.311. The molecule has 0 saturated carbocycles. The molecule has 0 aliphatic rings. The van der Waals surface area contributed by atoms with Crippen molar-refractivity contribution in [1.29, 1.82) is 5.26 Å². The van der Waals surface area contributed by atoms with Crippen molar-refractivity contribution in [3.8, 4) is 23.1 Å². The molecule has 1 heterocycles. The molecule has 0 amide bonds. The normalized spacial score (nSPS) is 10.6. The minimum Gasteiger partial charge on any atom is -0.494 e. The SMILES string of the molecule is N#CCCCCOc1ccc(C=NNc2nc(-c3ccccc3)cs2)cc1. The number of ether oxygens (including phenoxy) is 1. The van der Waals surface area contributed by atoms with E-state index in [-0.39, 0.29) is 0 Å². The van der Waals surface area contributed by atoms with Crippen LogP contribution in [-0.2, 0) is 0 Å². The molecule has 5 nitrogen and oxygen atoms in total. The first-order chi connectivity index (χ1) is 13.3. The molecule has 1 N–H and O–H groups in total. The molecule has 0 radical (unpaired) electrons. The van der Waals surface area contributed by atoms with Gasteiger partial charge in [0.1, 0.15) is 5.75 Å². The Bertz CT molecular complexity index is 898. The van der Waals surface area contributed by atoms with Crippen molar-refractivity contribution in [3.63, 3.8) is 0 Å². The highest BCUT2D eigenvalue weighted by Crippen LogP contribution is 2.24. The summed E-state index contributed by atoms with van der Waals surface area (Å²) in [5, 5.41) is 15.5. The molecule has 0 saturated heterocycles. The van der Waals surface area contributed by atoms with Gasteiger partial charge in [-0.2, -0.15) is 10.4 Å². The van der Waals surface area contributed by atoms with Gasteiger partial charge in [-0.3, -0.25) is 5.43 Å². The number of thiazole rings is 1. The highest BCUT2D eigenvalue weighted by Gasteiger charge is 2.02. The van der Waals surface area contributed by atoms with Gasteiger partial charge in [0.15, 0.2) is 0 Å². The van der Waals surface area contributed by atoms with E-state index < -0.39 is 0 Å². The number of nitrogens with zero attached hydrogens (tertiary/aromatic N) is 3. The third kappa shape index (κ3) is 5.94. The second kappa shape index (κ2) is 10.1. The van der Waals surface area contributed by atoms with Crippen LogP contribution in [0.1, 0.15) is 24.8 Å². The van der Waals surface area contributed by atoms with Gasteiger partial charge in [0.25, 0.3) is 0 Å². The summed E-state index contributed by atoms with van der Waals surface area (Å²) in [5.41, 5.74) is 5.97. The summed E-state index contributed by atoms with van der Waals surface area (Å²) < 4.78 is 5.65. The zero-order valence-corrected chi connectivity index (χ0v) is 15.7. The van der Waals surface area contributed by atoms with Crippen molar-refractivity contribution in [2.45, 2.75) is 19.3 Å². The highest BCUT2D eigenvalue weighted by molar-refractivity contribution is 7.14. The van der Waals surface area contributed by atoms with E-state index in [1.165, 1.54) is 11.3 Å². The Balaban J connectivity index is 1.47.